The van der Waals surface area contributed by atoms with Gasteiger partial charge in [-0.2, -0.15) is 0 Å². The molecule has 0 atom stereocenters. The Labute approximate surface area is 445 Å². The minimum absolute atomic E-state index is 0.182. The maximum atomic E-state index is 4.49. The Morgan fingerprint density at radius 3 is 1.15 bits per heavy atom. The number of pyridine rings is 3. The van der Waals surface area contributed by atoms with E-state index in [1.54, 1.807) is 18.6 Å². The molecule has 7 aromatic rings. The Bertz CT molecular complexity index is 1940. The molecule has 5 heterocycles. The first kappa shape index (κ1) is 75.2. The Kier molecular flexibility index (Phi) is 52.5. The van der Waals surface area contributed by atoms with Gasteiger partial charge in [0, 0.05) is 65.8 Å². The van der Waals surface area contributed by atoms with E-state index >= 15 is 0 Å². The molecule has 7 rings (SSSR count). The molecule has 5 aromatic heterocycles. The van der Waals surface area contributed by atoms with Crippen LogP contribution in [0.25, 0.3) is 10.9 Å². The lowest BCUT2D eigenvalue weighted by Crippen LogP contribution is -2.12. The van der Waals surface area contributed by atoms with Crippen molar-refractivity contribution >= 4 is 10.9 Å². The average Bonchev–Trinajstić information content (AvgIpc) is 3.43. The molecule has 0 saturated carbocycles. The van der Waals surface area contributed by atoms with Crippen LogP contribution in [0.1, 0.15) is 242 Å². The van der Waals surface area contributed by atoms with Crippen molar-refractivity contribution in [3.8, 4) is 0 Å². The van der Waals surface area contributed by atoms with Crippen LogP contribution in [0.4, 0.5) is 0 Å². The van der Waals surface area contributed by atoms with Crippen molar-refractivity contribution in [3.63, 3.8) is 0 Å². The number of hydrogen-bond acceptors (Lipinski definition) is 7. The smallest absolute Gasteiger partial charge is 0.130 e. The number of hydrogen-bond donors (Lipinski definition) is 0. The number of para-hydroxylation sites is 1. The van der Waals surface area contributed by atoms with Crippen LogP contribution in [0, 0.1) is 6.92 Å². The normalized spacial score (nSPS) is 9.32. The monoisotopic (exact) mass is 986 g/mol. The van der Waals surface area contributed by atoms with Crippen LogP contribution in [-0.4, -0.2) is 34.9 Å². The van der Waals surface area contributed by atoms with Gasteiger partial charge in [-0.3, -0.25) is 15.0 Å². The summed E-state index contributed by atoms with van der Waals surface area (Å²) in [4.78, 5) is 29.2. The number of rotatable bonds is 5. The minimum Gasteiger partial charge on any atom is -0.265 e. The summed E-state index contributed by atoms with van der Waals surface area (Å²) in [6, 6.07) is 34.7. The lowest BCUT2D eigenvalue weighted by Gasteiger charge is -2.16. The van der Waals surface area contributed by atoms with Gasteiger partial charge in [-0.05, 0) is 89.8 Å². The summed E-state index contributed by atoms with van der Waals surface area (Å²) in [5.41, 5.74) is 7.59. The van der Waals surface area contributed by atoms with Crippen molar-refractivity contribution in [2.24, 2.45) is 0 Å². The summed E-state index contributed by atoms with van der Waals surface area (Å²) >= 11 is 0. The van der Waals surface area contributed by atoms with E-state index in [-0.39, 0.29) is 5.41 Å². The molecule has 0 spiro atoms. The molecule has 0 bridgehead atoms. The molecule has 2 aromatic carbocycles. The highest BCUT2D eigenvalue weighted by Gasteiger charge is 2.13. The second-order valence-electron chi connectivity index (χ2n) is 17.0. The van der Waals surface area contributed by atoms with Crippen molar-refractivity contribution in [2.45, 2.75) is 215 Å². The molecule has 7 heteroatoms. The van der Waals surface area contributed by atoms with Crippen LogP contribution in [0.3, 0.4) is 0 Å². The molecule has 0 fully saturated rings. The molecule has 7 nitrogen and oxygen atoms in total. The third kappa shape index (κ3) is 37.1. The van der Waals surface area contributed by atoms with Gasteiger partial charge in [-0.1, -0.05) is 234 Å². The fraction of sp³-hybridized carbons (Fsp3) is 0.492. The topological polar surface area (TPSA) is 90.2 Å². The molecule has 0 aliphatic heterocycles. The first-order chi connectivity index (χ1) is 34.5. The van der Waals surface area contributed by atoms with E-state index in [2.05, 4.69) is 167 Å². The van der Waals surface area contributed by atoms with E-state index in [0.717, 1.165) is 28.6 Å². The number of aryl methyl sites for hydroxylation is 1. The fourth-order valence-corrected chi connectivity index (χ4v) is 5.38. The first-order valence-electron chi connectivity index (χ1n) is 27.3. The highest BCUT2D eigenvalue weighted by Crippen LogP contribution is 2.22. The molecule has 0 radical (unpaired) electrons. The van der Waals surface area contributed by atoms with E-state index in [1.165, 1.54) is 22.1 Å². The van der Waals surface area contributed by atoms with Crippen molar-refractivity contribution < 1.29 is 0 Å². The third-order valence-electron chi connectivity index (χ3n) is 9.02. The Balaban J connectivity index is -0.000000241. The molecule has 0 aliphatic carbocycles. The molecular formula is C65H107N7. The maximum Gasteiger partial charge on any atom is 0.130 e. The number of benzene rings is 2. The van der Waals surface area contributed by atoms with Crippen molar-refractivity contribution in [2.75, 3.05) is 0 Å². The van der Waals surface area contributed by atoms with Crippen molar-refractivity contribution in [1.29, 1.82) is 0 Å². The molecule has 0 saturated heterocycles. The second kappa shape index (κ2) is 50.3. The van der Waals surface area contributed by atoms with Gasteiger partial charge in [-0.15, -0.1) is 0 Å². The summed E-state index contributed by atoms with van der Waals surface area (Å²) in [5.74, 6) is 4.52. The molecule has 0 aliphatic rings. The van der Waals surface area contributed by atoms with E-state index in [0.29, 0.717) is 29.6 Å². The zero-order chi connectivity index (χ0) is 56.5. The molecular weight excluding hydrogens is 879 g/mol. The van der Waals surface area contributed by atoms with Crippen LogP contribution >= 0.6 is 0 Å². The Morgan fingerprint density at radius 1 is 0.361 bits per heavy atom. The van der Waals surface area contributed by atoms with Crippen LogP contribution in [-0.2, 0) is 5.41 Å². The summed E-state index contributed by atoms with van der Waals surface area (Å²) in [7, 11) is 0. The van der Waals surface area contributed by atoms with Gasteiger partial charge < -0.3 is 0 Å². The SMILES string of the molecule is CC.CC.CC.CC.CC.CC.CC(C)(C)c1ccccn1.CC(C)c1ccccc1.CC(C)c1cccnc1.CC(C)c1ccncc1.CC(C)c1ncccn1.Cc1nc(C(C)C)c2ccccc2n1. The minimum atomic E-state index is 0.182. The average molecular weight is 987 g/mol. The van der Waals surface area contributed by atoms with E-state index in [4.69, 9.17) is 0 Å². The van der Waals surface area contributed by atoms with Gasteiger partial charge in [0.2, 0.25) is 0 Å². The van der Waals surface area contributed by atoms with Gasteiger partial charge in [0.1, 0.15) is 11.6 Å². The molecule has 0 N–H and O–H groups in total. The summed E-state index contributed by atoms with van der Waals surface area (Å²) in [6.07, 6.45) is 12.7. The summed E-state index contributed by atoms with van der Waals surface area (Å²) in [5, 5.41) is 1.17. The van der Waals surface area contributed by atoms with Gasteiger partial charge in [0.15, 0.2) is 0 Å². The van der Waals surface area contributed by atoms with Crippen LogP contribution in [0.15, 0.2) is 147 Å². The van der Waals surface area contributed by atoms with Crippen LogP contribution in [0.5, 0.6) is 0 Å². The van der Waals surface area contributed by atoms with Crippen LogP contribution in [0.2, 0.25) is 0 Å². The molecule has 72 heavy (non-hydrogen) atoms. The highest BCUT2D eigenvalue weighted by molar-refractivity contribution is 5.81. The van der Waals surface area contributed by atoms with E-state index < -0.39 is 0 Å². The molecule has 0 unspecified atom stereocenters. The van der Waals surface area contributed by atoms with Gasteiger partial charge in [-0.25, -0.2) is 19.9 Å². The zero-order valence-corrected chi connectivity index (χ0v) is 50.9. The quantitative estimate of drug-likeness (QED) is 0.170. The number of aromatic nitrogens is 7. The lowest BCUT2D eigenvalue weighted by molar-refractivity contribution is 0.569. The number of nitrogens with zero attached hydrogens (tertiary/aromatic N) is 7. The van der Waals surface area contributed by atoms with Crippen molar-refractivity contribution in [1.82, 2.24) is 34.9 Å². The van der Waals surface area contributed by atoms with E-state index in [1.807, 2.05) is 175 Å². The van der Waals surface area contributed by atoms with Crippen LogP contribution < -0.4 is 0 Å². The first-order valence-corrected chi connectivity index (χ1v) is 27.3. The highest BCUT2D eigenvalue weighted by atomic mass is 14.9. The lowest BCUT2D eigenvalue weighted by atomic mass is 9.92. The Morgan fingerprint density at radius 2 is 0.806 bits per heavy atom. The van der Waals surface area contributed by atoms with Gasteiger partial charge in [0.05, 0.1) is 11.2 Å². The summed E-state index contributed by atoms with van der Waals surface area (Å²) < 4.78 is 0. The predicted octanol–water partition coefficient (Wildman–Crippen LogP) is 20.4. The molecule has 402 valence electrons. The van der Waals surface area contributed by atoms with E-state index in [9.17, 15) is 0 Å². The largest absolute Gasteiger partial charge is 0.265 e. The fourth-order valence-electron chi connectivity index (χ4n) is 5.38. The summed E-state index contributed by atoms with van der Waals surface area (Å²) in [6.45, 7) is 54.0. The second-order valence-corrected chi connectivity index (χ2v) is 17.0. The number of fused-ring (bicyclic) bond motifs is 1. The van der Waals surface area contributed by atoms with Crippen molar-refractivity contribution in [3.05, 3.63) is 186 Å². The van der Waals surface area contributed by atoms with Gasteiger partial charge in [0.25, 0.3) is 0 Å². The predicted molar refractivity (Wildman–Crippen MR) is 323 cm³/mol. The zero-order valence-electron chi connectivity index (χ0n) is 50.9. The third-order valence-corrected chi connectivity index (χ3v) is 9.02. The van der Waals surface area contributed by atoms with Gasteiger partial charge >= 0.3 is 0 Å². The Hall–Kier alpha value is -5.69. The maximum absolute atomic E-state index is 4.49. The standard InChI is InChI=1S/C12H14N2.C9H13N.C9H12.2C8H11N.C7H10N2.6C2H6/c1-8(2)12-10-6-4-5-7-11(10)13-9(3)14-12;1-9(2,3)8-6-4-5-7-10-8;1-8(2)9-6-4-3-5-7-9;1-7(2)8-3-5-9-6-4-8;1-7(2)8-4-3-5-9-6-8;1-6(2)7-8-4-3-5-9-7;6*1-2/h4-8H,1-3H3;4-7H,1-3H3;3-8H,1-2H3;2*3-7H,1-2H3;3-6H,1-2H3;6*1-2H3. The molecule has 0 amide bonds.